The topological polar surface area (TPSA) is 84.4 Å². The molecular weight excluding hydrogens is 332 g/mol. The van der Waals surface area contributed by atoms with Gasteiger partial charge in [-0.25, -0.2) is 4.79 Å². The lowest BCUT2D eigenvalue weighted by Crippen LogP contribution is -2.33. The van der Waals surface area contributed by atoms with E-state index in [0.29, 0.717) is 29.5 Å². The second-order valence-corrected chi connectivity index (χ2v) is 5.63. The summed E-state index contributed by atoms with van der Waals surface area (Å²) < 4.78 is 4.57. The number of benzene rings is 1. The van der Waals surface area contributed by atoms with Gasteiger partial charge in [-0.2, -0.15) is 0 Å². The second-order valence-electron chi connectivity index (χ2n) is 5.22. The monoisotopic (exact) mass is 346 g/mol. The van der Waals surface area contributed by atoms with Gasteiger partial charge in [0.1, 0.15) is 11.9 Å². The van der Waals surface area contributed by atoms with E-state index in [1.165, 1.54) is 13.2 Å². The van der Waals surface area contributed by atoms with Gasteiger partial charge in [0, 0.05) is 6.54 Å². The van der Waals surface area contributed by atoms with Gasteiger partial charge in [0.15, 0.2) is 5.69 Å². The highest BCUT2D eigenvalue weighted by atomic mass is 35.5. The maximum Gasteiger partial charge on any atom is 0.358 e. The highest BCUT2D eigenvalue weighted by Crippen LogP contribution is 2.29. The van der Waals surface area contributed by atoms with Crippen molar-refractivity contribution in [1.29, 1.82) is 0 Å². The van der Waals surface area contributed by atoms with Gasteiger partial charge < -0.3 is 15.0 Å². The van der Waals surface area contributed by atoms with E-state index < -0.39 is 12.0 Å². The zero-order valence-electron chi connectivity index (χ0n) is 12.9. The van der Waals surface area contributed by atoms with Crippen LogP contribution in [0.25, 0.3) is 0 Å². The molecule has 0 saturated carbocycles. The number of nitrogens with one attached hydrogen (secondary N) is 1. The van der Waals surface area contributed by atoms with E-state index in [2.05, 4.69) is 20.3 Å². The van der Waals surface area contributed by atoms with Gasteiger partial charge in [0.25, 0.3) is 0 Å². The Labute approximate surface area is 143 Å². The normalized spacial score (nSPS) is 17.0. The number of carbonyl (C=O) groups excluding carboxylic acids is 2. The summed E-state index contributed by atoms with van der Waals surface area (Å²) in [5.74, 6) is -0.222. The van der Waals surface area contributed by atoms with Crippen molar-refractivity contribution in [1.82, 2.24) is 10.2 Å². The van der Waals surface area contributed by atoms with Crippen LogP contribution in [-0.2, 0) is 9.53 Å². The molecule has 124 valence electrons. The third-order valence-corrected chi connectivity index (χ3v) is 4.05. The molecule has 1 aliphatic rings. The Morgan fingerprint density at radius 3 is 2.75 bits per heavy atom. The molecule has 3 rings (SSSR count). The summed E-state index contributed by atoms with van der Waals surface area (Å²) in [5.41, 5.74) is 0.805. The number of para-hydroxylation sites is 1. The summed E-state index contributed by atoms with van der Waals surface area (Å²) in [6.07, 6.45) is 0.616. The zero-order valence-corrected chi connectivity index (χ0v) is 13.7. The lowest BCUT2D eigenvalue weighted by molar-refractivity contribution is -0.117. The van der Waals surface area contributed by atoms with Crippen molar-refractivity contribution in [3.05, 3.63) is 47.1 Å². The number of esters is 1. The minimum absolute atomic E-state index is 0.0815. The molecule has 1 amide bonds. The number of halogens is 1. The minimum Gasteiger partial charge on any atom is -0.464 e. The number of nitrogens with zero attached hydrogens (tertiary/aromatic N) is 3. The van der Waals surface area contributed by atoms with Crippen molar-refractivity contribution in [2.75, 3.05) is 23.9 Å². The van der Waals surface area contributed by atoms with Gasteiger partial charge in [0.2, 0.25) is 5.91 Å². The molecule has 1 atom stereocenters. The molecule has 24 heavy (non-hydrogen) atoms. The highest BCUT2D eigenvalue weighted by Gasteiger charge is 2.33. The van der Waals surface area contributed by atoms with Crippen LogP contribution in [0.15, 0.2) is 36.4 Å². The predicted octanol–water partition coefficient (Wildman–Crippen LogP) is 2.13. The van der Waals surface area contributed by atoms with E-state index in [1.807, 2.05) is 18.2 Å². The summed E-state index contributed by atoms with van der Waals surface area (Å²) in [6.45, 7) is 0.563. The van der Waals surface area contributed by atoms with E-state index in [0.717, 1.165) is 0 Å². The minimum atomic E-state index is -0.559. The Bertz CT molecular complexity index is 766. The van der Waals surface area contributed by atoms with Crippen molar-refractivity contribution in [3.63, 3.8) is 0 Å². The molecule has 1 aromatic heterocycles. The first-order valence-electron chi connectivity index (χ1n) is 7.34. The SMILES string of the molecule is COC(=O)c1ccc(N[C@@H]2CCN(c3ccccc3Cl)C2=O)nn1. The number of amides is 1. The zero-order chi connectivity index (χ0) is 17.1. The summed E-state index contributed by atoms with van der Waals surface area (Å²) >= 11 is 6.16. The molecule has 1 aliphatic heterocycles. The average molecular weight is 347 g/mol. The molecule has 0 bridgehead atoms. The van der Waals surface area contributed by atoms with E-state index >= 15 is 0 Å². The fourth-order valence-corrected chi connectivity index (χ4v) is 2.76. The van der Waals surface area contributed by atoms with Crippen LogP contribution in [0.3, 0.4) is 0 Å². The Morgan fingerprint density at radius 2 is 2.08 bits per heavy atom. The van der Waals surface area contributed by atoms with Crippen LogP contribution in [0.5, 0.6) is 0 Å². The van der Waals surface area contributed by atoms with Gasteiger partial charge in [-0.05, 0) is 30.7 Å². The van der Waals surface area contributed by atoms with E-state index in [4.69, 9.17) is 11.6 Å². The largest absolute Gasteiger partial charge is 0.464 e. The Balaban J connectivity index is 1.70. The lowest BCUT2D eigenvalue weighted by Gasteiger charge is -2.18. The number of hydrogen-bond donors (Lipinski definition) is 1. The lowest BCUT2D eigenvalue weighted by atomic mass is 10.2. The third-order valence-electron chi connectivity index (χ3n) is 3.73. The number of rotatable bonds is 4. The van der Waals surface area contributed by atoms with Gasteiger partial charge in [-0.15, -0.1) is 10.2 Å². The van der Waals surface area contributed by atoms with Crippen molar-refractivity contribution in [2.24, 2.45) is 0 Å². The number of carbonyl (C=O) groups is 2. The van der Waals surface area contributed by atoms with Gasteiger partial charge in [-0.1, -0.05) is 23.7 Å². The quantitative estimate of drug-likeness (QED) is 0.854. The van der Waals surface area contributed by atoms with Crippen LogP contribution in [-0.4, -0.2) is 41.8 Å². The van der Waals surface area contributed by atoms with E-state index in [-0.39, 0.29) is 11.6 Å². The predicted molar refractivity (Wildman–Crippen MR) is 89.2 cm³/mol. The molecule has 7 nitrogen and oxygen atoms in total. The van der Waals surface area contributed by atoms with Crippen molar-refractivity contribution in [2.45, 2.75) is 12.5 Å². The maximum absolute atomic E-state index is 12.6. The smallest absolute Gasteiger partial charge is 0.358 e. The average Bonchev–Trinajstić information content (AvgIpc) is 2.96. The van der Waals surface area contributed by atoms with Crippen LogP contribution in [0.4, 0.5) is 11.5 Å². The first-order chi connectivity index (χ1) is 11.6. The highest BCUT2D eigenvalue weighted by molar-refractivity contribution is 6.34. The third kappa shape index (κ3) is 3.16. The van der Waals surface area contributed by atoms with Crippen molar-refractivity contribution >= 4 is 35.0 Å². The Hall–Kier alpha value is -2.67. The number of methoxy groups -OCH3 is 1. The standard InChI is InChI=1S/C16H15ClN4O3/c1-24-16(23)12-6-7-14(20-19-12)18-11-8-9-21(15(11)22)13-5-3-2-4-10(13)17/h2-7,11H,8-9H2,1H3,(H,18,20)/t11-/m1/s1. The van der Waals surface area contributed by atoms with Gasteiger partial charge in [0.05, 0.1) is 17.8 Å². The fourth-order valence-electron chi connectivity index (χ4n) is 2.52. The molecule has 0 spiro atoms. The van der Waals surface area contributed by atoms with Crippen LogP contribution < -0.4 is 10.2 Å². The first-order valence-corrected chi connectivity index (χ1v) is 7.72. The molecule has 8 heteroatoms. The molecule has 0 unspecified atom stereocenters. The molecule has 2 aromatic rings. The molecule has 1 saturated heterocycles. The van der Waals surface area contributed by atoms with Gasteiger partial charge >= 0.3 is 5.97 Å². The van der Waals surface area contributed by atoms with Gasteiger partial charge in [-0.3, -0.25) is 4.79 Å². The molecule has 1 fully saturated rings. The number of aromatic nitrogens is 2. The molecule has 2 heterocycles. The molecular formula is C16H15ClN4O3. The summed E-state index contributed by atoms with van der Waals surface area (Å²) in [7, 11) is 1.27. The van der Waals surface area contributed by atoms with E-state index in [9.17, 15) is 9.59 Å². The summed E-state index contributed by atoms with van der Waals surface area (Å²) in [4.78, 5) is 25.6. The van der Waals surface area contributed by atoms with Crippen molar-refractivity contribution in [3.8, 4) is 0 Å². The maximum atomic E-state index is 12.6. The molecule has 0 aliphatic carbocycles. The van der Waals surface area contributed by atoms with Crippen LogP contribution in [0, 0.1) is 0 Å². The summed E-state index contributed by atoms with van der Waals surface area (Å²) in [6, 6.07) is 9.89. The number of hydrogen-bond acceptors (Lipinski definition) is 6. The van der Waals surface area contributed by atoms with E-state index in [1.54, 1.807) is 17.0 Å². The van der Waals surface area contributed by atoms with Crippen molar-refractivity contribution < 1.29 is 14.3 Å². The molecule has 0 radical (unpaired) electrons. The Kier molecular flexibility index (Phi) is 4.61. The Morgan fingerprint density at radius 1 is 1.29 bits per heavy atom. The summed E-state index contributed by atoms with van der Waals surface area (Å²) in [5, 5.41) is 11.2. The second kappa shape index (κ2) is 6.84. The fraction of sp³-hybridized carbons (Fsp3) is 0.250. The number of ether oxygens (including phenoxy) is 1. The van der Waals surface area contributed by atoms with Crippen LogP contribution in [0.2, 0.25) is 5.02 Å². The van der Waals surface area contributed by atoms with Crippen LogP contribution >= 0.6 is 11.6 Å². The molecule has 1 N–H and O–H groups in total. The number of anilines is 2. The van der Waals surface area contributed by atoms with Crippen LogP contribution in [0.1, 0.15) is 16.9 Å². The molecule has 1 aromatic carbocycles. The first kappa shape index (κ1) is 16.2.